The molecule has 2 heterocycles. The zero-order valence-corrected chi connectivity index (χ0v) is 13.8. The molecule has 2 aromatic heterocycles. The highest BCUT2D eigenvalue weighted by molar-refractivity contribution is 7.12. The minimum atomic E-state index is -1.30. The molecule has 6 nitrogen and oxygen atoms in total. The number of carboxylic acids is 1. The maximum absolute atomic E-state index is 13.1. The normalized spacial score (nSPS) is 11.9. The van der Waals surface area contributed by atoms with Gasteiger partial charge >= 0.3 is 5.97 Å². The Morgan fingerprint density at radius 2 is 2.00 bits per heavy atom. The molecule has 0 aliphatic carbocycles. The summed E-state index contributed by atoms with van der Waals surface area (Å²) in [6.45, 7) is 1.64. The number of carbonyl (C=O) groups excluding carboxylic acids is 1. The summed E-state index contributed by atoms with van der Waals surface area (Å²) >= 11 is 1.27. The van der Waals surface area contributed by atoms with Gasteiger partial charge in [-0.15, -0.1) is 11.3 Å². The third-order valence-corrected chi connectivity index (χ3v) is 4.43. The molecule has 1 amide bonds. The lowest BCUT2D eigenvalue weighted by atomic mass is 10.0. The van der Waals surface area contributed by atoms with E-state index in [1.54, 1.807) is 24.4 Å². The maximum Gasteiger partial charge on any atom is 0.375 e. The standard InChI is InChI=1S/C17H13FN2O4S/c1-9(19-16(21)12-3-2-8-25-12)13-14(20-24-15(13)17(22)23)10-4-6-11(18)7-5-10/h2-9H,1H3,(H,19,21)(H,22,23)/t9-/m1/s1. The molecule has 1 aromatic carbocycles. The predicted molar refractivity (Wildman–Crippen MR) is 89.1 cm³/mol. The number of rotatable bonds is 5. The van der Waals surface area contributed by atoms with Crippen LogP contribution < -0.4 is 5.32 Å². The van der Waals surface area contributed by atoms with E-state index in [0.717, 1.165) is 0 Å². The molecule has 0 aliphatic heterocycles. The molecule has 25 heavy (non-hydrogen) atoms. The first kappa shape index (κ1) is 16.8. The molecule has 0 saturated carbocycles. The number of carboxylic acid groups (broad SMARTS) is 1. The lowest BCUT2D eigenvalue weighted by Crippen LogP contribution is -2.27. The van der Waals surface area contributed by atoms with E-state index in [0.29, 0.717) is 10.4 Å². The summed E-state index contributed by atoms with van der Waals surface area (Å²) in [7, 11) is 0. The Kier molecular flexibility index (Phi) is 4.62. The molecule has 0 bridgehead atoms. The van der Waals surface area contributed by atoms with Gasteiger partial charge in [-0.1, -0.05) is 11.2 Å². The fraction of sp³-hybridized carbons (Fsp3) is 0.118. The molecule has 0 spiro atoms. The van der Waals surface area contributed by atoms with Crippen LogP contribution in [0.2, 0.25) is 0 Å². The molecule has 3 rings (SSSR count). The van der Waals surface area contributed by atoms with Crippen LogP contribution in [0.1, 0.15) is 38.8 Å². The van der Waals surface area contributed by atoms with Crippen LogP contribution >= 0.6 is 11.3 Å². The van der Waals surface area contributed by atoms with Gasteiger partial charge in [-0.3, -0.25) is 4.79 Å². The molecule has 1 atom stereocenters. The monoisotopic (exact) mass is 360 g/mol. The van der Waals surface area contributed by atoms with Crippen molar-refractivity contribution in [3.05, 3.63) is 63.8 Å². The highest BCUT2D eigenvalue weighted by Crippen LogP contribution is 2.31. The van der Waals surface area contributed by atoms with E-state index < -0.39 is 17.8 Å². The minimum Gasteiger partial charge on any atom is -0.475 e. The van der Waals surface area contributed by atoms with Crippen molar-refractivity contribution in [2.75, 3.05) is 0 Å². The van der Waals surface area contributed by atoms with E-state index >= 15 is 0 Å². The summed E-state index contributed by atoms with van der Waals surface area (Å²) in [5.74, 6) is -2.41. The molecule has 0 unspecified atom stereocenters. The zero-order chi connectivity index (χ0) is 18.0. The lowest BCUT2D eigenvalue weighted by molar-refractivity contribution is 0.0648. The number of halogens is 1. The fourth-order valence-electron chi connectivity index (χ4n) is 2.42. The molecular weight excluding hydrogens is 347 g/mol. The SMILES string of the molecule is C[C@@H](NC(=O)c1cccs1)c1c(-c2ccc(F)cc2)noc1C(=O)O. The number of hydrogen-bond donors (Lipinski definition) is 2. The molecule has 0 fully saturated rings. The van der Waals surface area contributed by atoms with E-state index in [4.69, 9.17) is 4.52 Å². The molecule has 0 aliphatic rings. The Morgan fingerprint density at radius 3 is 2.60 bits per heavy atom. The summed E-state index contributed by atoms with van der Waals surface area (Å²) in [5, 5.41) is 17.6. The summed E-state index contributed by atoms with van der Waals surface area (Å²) in [6, 6.07) is 8.15. The van der Waals surface area contributed by atoms with Crippen molar-refractivity contribution in [3.63, 3.8) is 0 Å². The van der Waals surface area contributed by atoms with Crippen molar-refractivity contribution in [2.24, 2.45) is 0 Å². The highest BCUT2D eigenvalue weighted by Gasteiger charge is 2.28. The molecule has 128 valence electrons. The van der Waals surface area contributed by atoms with Gasteiger partial charge in [0.25, 0.3) is 5.91 Å². The molecule has 0 radical (unpaired) electrons. The van der Waals surface area contributed by atoms with Crippen molar-refractivity contribution in [1.29, 1.82) is 0 Å². The average Bonchev–Trinajstić information content (AvgIpc) is 3.25. The first-order chi connectivity index (χ1) is 12.0. The molecule has 2 N–H and O–H groups in total. The number of benzene rings is 1. The van der Waals surface area contributed by atoms with Gasteiger partial charge in [0.05, 0.1) is 16.5 Å². The number of amides is 1. The Balaban J connectivity index is 1.98. The average molecular weight is 360 g/mol. The molecular formula is C17H13FN2O4S. The first-order valence-corrected chi connectivity index (χ1v) is 8.18. The third-order valence-electron chi connectivity index (χ3n) is 3.57. The van der Waals surface area contributed by atoms with Gasteiger partial charge in [0.2, 0.25) is 5.76 Å². The predicted octanol–water partition coefficient (Wildman–Crippen LogP) is 3.73. The van der Waals surface area contributed by atoms with Crippen LogP contribution in [-0.2, 0) is 0 Å². The summed E-state index contributed by atoms with van der Waals surface area (Å²) < 4.78 is 18.1. The van der Waals surface area contributed by atoms with Gasteiger partial charge in [-0.2, -0.15) is 0 Å². The zero-order valence-electron chi connectivity index (χ0n) is 13.0. The lowest BCUT2D eigenvalue weighted by Gasteiger charge is -2.14. The topological polar surface area (TPSA) is 92.4 Å². The number of thiophene rings is 1. The van der Waals surface area contributed by atoms with Gasteiger partial charge in [0.1, 0.15) is 11.5 Å². The Hall–Kier alpha value is -3.00. The van der Waals surface area contributed by atoms with E-state index in [1.807, 2.05) is 0 Å². The second-order valence-electron chi connectivity index (χ2n) is 5.26. The second kappa shape index (κ2) is 6.86. The van der Waals surface area contributed by atoms with E-state index in [-0.39, 0.29) is 22.9 Å². The smallest absolute Gasteiger partial charge is 0.375 e. The Bertz CT molecular complexity index is 903. The Labute approximate surface area is 145 Å². The number of hydrogen-bond acceptors (Lipinski definition) is 5. The van der Waals surface area contributed by atoms with Crippen LogP contribution in [0.4, 0.5) is 4.39 Å². The first-order valence-electron chi connectivity index (χ1n) is 7.30. The van der Waals surface area contributed by atoms with Crippen LogP contribution in [0.15, 0.2) is 46.3 Å². The van der Waals surface area contributed by atoms with Gasteiger partial charge in [0.15, 0.2) is 0 Å². The van der Waals surface area contributed by atoms with Gasteiger partial charge < -0.3 is 14.9 Å². The third kappa shape index (κ3) is 3.43. The van der Waals surface area contributed by atoms with Crippen LogP contribution in [-0.4, -0.2) is 22.1 Å². The number of aromatic carboxylic acids is 1. The quantitative estimate of drug-likeness (QED) is 0.723. The molecule has 0 saturated heterocycles. The summed E-state index contributed by atoms with van der Waals surface area (Å²) in [4.78, 5) is 24.2. The van der Waals surface area contributed by atoms with Gasteiger partial charge in [-0.05, 0) is 42.6 Å². The highest BCUT2D eigenvalue weighted by atomic mass is 32.1. The summed E-state index contributed by atoms with van der Waals surface area (Å²) in [6.07, 6.45) is 0. The number of nitrogens with one attached hydrogen (secondary N) is 1. The molecule has 8 heteroatoms. The van der Waals surface area contributed by atoms with Crippen LogP contribution in [0, 0.1) is 5.82 Å². The van der Waals surface area contributed by atoms with Gasteiger partial charge in [-0.25, -0.2) is 9.18 Å². The number of nitrogens with zero attached hydrogens (tertiary/aromatic N) is 1. The van der Waals surface area contributed by atoms with E-state index in [1.165, 1.54) is 35.6 Å². The summed E-state index contributed by atoms with van der Waals surface area (Å²) in [5.41, 5.74) is 0.963. The van der Waals surface area contributed by atoms with Crippen LogP contribution in [0.5, 0.6) is 0 Å². The van der Waals surface area contributed by atoms with Crippen LogP contribution in [0.25, 0.3) is 11.3 Å². The maximum atomic E-state index is 13.1. The van der Waals surface area contributed by atoms with Crippen molar-refractivity contribution < 1.29 is 23.6 Å². The van der Waals surface area contributed by atoms with Crippen molar-refractivity contribution in [2.45, 2.75) is 13.0 Å². The number of aromatic nitrogens is 1. The fourth-order valence-corrected chi connectivity index (χ4v) is 3.04. The van der Waals surface area contributed by atoms with E-state index in [2.05, 4.69) is 10.5 Å². The van der Waals surface area contributed by atoms with Crippen molar-refractivity contribution in [1.82, 2.24) is 10.5 Å². The number of carbonyl (C=O) groups is 2. The second-order valence-corrected chi connectivity index (χ2v) is 6.21. The van der Waals surface area contributed by atoms with Crippen LogP contribution in [0.3, 0.4) is 0 Å². The van der Waals surface area contributed by atoms with Gasteiger partial charge in [0, 0.05) is 5.56 Å². The minimum absolute atomic E-state index is 0.226. The Morgan fingerprint density at radius 1 is 1.28 bits per heavy atom. The largest absolute Gasteiger partial charge is 0.475 e. The van der Waals surface area contributed by atoms with Crippen molar-refractivity contribution in [3.8, 4) is 11.3 Å². The van der Waals surface area contributed by atoms with E-state index in [9.17, 15) is 19.1 Å². The van der Waals surface area contributed by atoms with Crippen molar-refractivity contribution >= 4 is 23.2 Å². The molecule has 3 aromatic rings.